The Morgan fingerprint density at radius 3 is 2.68 bits per heavy atom. The highest BCUT2D eigenvalue weighted by Gasteiger charge is 2.17. The van der Waals surface area contributed by atoms with E-state index >= 15 is 0 Å². The molecule has 6 nitrogen and oxygen atoms in total. The van der Waals surface area contributed by atoms with E-state index in [9.17, 15) is 4.79 Å². The third-order valence-corrected chi connectivity index (χ3v) is 4.02. The molecular weight excluding hydrogens is 365 g/mol. The number of amides is 1. The molecule has 0 spiro atoms. The van der Waals surface area contributed by atoms with E-state index in [-0.39, 0.29) is 17.7 Å². The summed E-state index contributed by atoms with van der Waals surface area (Å²) in [5.41, 5.74) is 1.09. The van der Waals surface area contributed by atoms with Gasteiger partial charge in [0.2, 0.25) is 0 Å². The van der Waals surface area contributed by atoms with Crippen LogP contribution in [0.3, 0.4) is 0 Å². The highest BCUT2D eigenvalue weighted by molar-refractivity contribution is 6.35. The average molecular weight is 374 g/mol. The molecule has 0 radical (unpaired) electrons. The summed E-state index contributed by atoms with van der Waals surface area (Å²) in [5, 5.41) is 11.9. The summed E-state index contributed by atoms with van der Waals surface area (Å²) < 4.78 is 10.9. The second-order valence-corrected chi connectivity index (χ2v) is 5.98. The number of hydrogen-bond donors (Lipinski definition) is 1. The Morgan fingerprint density at radius 1 is 1.00 bits per heavy atom. The lowest BCUT2D eigenvalue weighted by molar-refractivity contribution is 0.0996. The van der Waals surface area contributed by atoms with E-state index in [1.54, 1.807) is 30.3 Å². The highest BCUT2D eigenvalue weighted by atomic mass is 35.5. The van der Waals surface area contributed by atoms with Crippen molar-refractivity contribution >= 4 is 46.1 Å². The first-order chi connectivity index (χ1) is 12.1. The molecule has 2 aromatic carbocycles. The first kappa shape index (κ1) is 15.7. The fourth-order valence-electron chi connectivity index (χ4n) is 2.30. The second-order valence-electron chi connectivity index (χ2n) is 5.14. The largest absolute Gasteiger partial charge is 0.451 e. The maximum Gasteiger partial charge on any atom is 0.322 e. The van der Waals surface area contributed by atoms with Crippen LogP contribution in [0.25, 0.3) is 22.4 Å². The van der Waals surface area contributed by atoms with E-state index in [2.05, 4.69) is 15.5 Å². The molecule has 4 rings (SSSR count). The number of para-hydroxylation sites is 1. The number of rotatable bonds is 3. The number of fused-ring (bicyclic) bond motifs is 1. The van der Waals surface area contributed by atoms with Gasteiger partial charge in [-0.1, -0.05) is 46.5 Å². The quantitative estimate of drug-likeness (QED) is 0.543. The zero-order valence-corrected chi connectivity index (χ0v) is 14.0. The number of halogens is 2. The van der Waals surface area contributed by atoms with Gasteiger partial charge in [-0.3, -0.25) is 10.1 Å². The number of benzene rings is 2. The van der Waals surface area contributed by atoms with Crippen LogP contribution in [0.2, 0.25) is 10.0 Å². The number of hydrogen-bond acceptors (Lipinski definition) is 5. The molecule has 1 amide bonds. The van der Waals surface area contributed by atoms with Gasteiger partial charge in [-0.05, 0) is 30.3 Å². The van der Waals surface area contributed by atoms with Crippen LogP contribution in [-0.2, 0) is 0 Å². The summed E-state index contributed by atoms with van der Waals surface area (Å²) in [6.07, 6.45) is 0. The molecular formula is C17H9Cl2N3O3. The van der Waals surface area contributed by atoms with E-state index in [0.29, 0.717) is 21.2 Å². The minimum atomic E-state index is -0.497. The molecule has 124 valence electrons. The zero-order chi connectivity index (χ0) is 17.4. The molecule has 8 heteroatoms. The molecule has 0 aliphatic heterocycles. The number of nitrogens with zero attached hydrogens (tertiary/aromatic N) is 2. The van der Waals surface area contributed by atoms with E-state index in [0.717, 1.165) is 5.39 Å². The van der Waals surface area contributed by atoms with Gasteiger partial charge in [0.05, 0.1) is 10.6 Å². The molecule has 0 saturated carbocycles. The van der Waals surface area contributed by atoms with E-state index < -0.39 is 5.91 Å². The minimum Gasteiger partial charge on any atom is -0.451 e. The monoisotopic (exact) mass is 373 g/mol. The molecule has 0 fully saturated rings. The Labute approximate surface area is 151 Å². The topological polar surface area (TPSA) is 81.2 Å². The Bertz CT molecular complexity index is 1050. The maximum atomic E-state index is 12.3. The van der Waals surface area contributed by atoms with E-state index in [4.69, 9.17) is 32.0 Å². The predicted molar refractivity (Wildman–Crippen MR) is 93.9 cm³/mol. The second kappa shape index (κ2) is 6.23. The number of aromatic nitrogens is 2. The molecule has 2 heterocycles. The number of carbonyl (C=O) groups is 1. The molecule has 0 saturated heterocycles. The summed E-state index contributed by atoms with van der Waals surface area (Å²) in [7, 11) is 0. The van der Waals surface area contributed by atoms with Gasteiger partial charge in [-0.15, -0.1) is 5.10 Å². The van der Waals surface area contributed by atoms with Crippen molar-refractivity contribution in [3.8, 4) is 11.5 Å². The van der Waals surface area contributed by atoms with Gasteiger partial charge < -0.3 is 8.83 Å². The number of anilines is 1. The van der Waals surface area contributed by atoms with Crippen molar-refractivity contribution in [1.29, 1.82) is 0 Å². The van der Waals surface area contributed by atoms with Crippen LogP contribution in [0.5, 0.6) is 0 Å². The summed E-state index contributed by atoms with van der Waals surface area (Å²) in [6, 6.07) is 13.7. The maximum absolute atomic E-state index is 12.3. The molecule has 0 aliphatic carbocycles. The lowest BCUT2D eigenvalue weighted by Crippen LogP contribution is -2.10. The molecule has 0 atom stereocenters. The summed E-state index contributed by atoms with van der Waals surface area (Å²) in [5.74, 6) is -0.210. The third-order valence-electron chi connectivity index (χ3n) is 3.45. The first-order valence-electron chi connectivity index (χ1n) is 7.19. The molecule has 25 heavy (non-hydrogen) atoms. The molecule has 4 aromatic rings. The van der Waals surface area contributed by atoms with Gasteiger partial charge >= 0.3 is 6.01 Å². The van der Waals surface area contributed by atoms with Crippen molar-refractivity contribution in [3.05, 3.63) is 64.3 Å². The van der Waals surface area contributed by atoms with Crippen LogP contribution in [0, 0.1) is 0 Å². The lowest BCUT2D eigenvalue weighted by atomic mass is 10.2. The number of nitrogens with one attached hydrogen (secondary N) is 1. The van der Waals surface area contributed by atoms with Gasteiger partial charge in [0.1, 0.15) is 5.58 Å². The lowest BCUT2D eigenvalue weighted by Gasteiger charge is -1.99. The standard InChI is InChI=1S/C17H9Cl2N3O3/c18-10-5-6-12(19)11(8-10)16-21-22-17(25-16)20-15(23)14-7-9-3-1-2-4-13(9)24-14/h1-8H,(H,20,22,23). The SMILES string of the molecule is O=C(Nc1nnc(-c2cc(Cl)ccc2Cl)o1)c1cc2ccccc2o1. The van der Waals surface area contributed by atoms with Crippen molar-refractivity contribution in [2.24, 2.45) is 0 Å². The fourth-order valence-corrected chi connectivity index (χ4v) is 2.67. The third kappa shape index (κ3) is 3.09. The van der Waals surface area contributed by atoms with Gasteiger partial charge in [0.25, 0.3) is 11.8 Å². The number of furan rings is 1. The van der Waals surface area contributed by atoms with Gasteiger partial charge in [-0.2, -0.15) is 0 Å². The van der Waals surface area contributed by atoms with Crippen molar-refractivity contribution in [3.63, 3.8) is 0 Å². The van der Waals surface area contributed by atoms with Crippen molar-refractivity contribution < 1.29 is 13.6 Å². The fraction of sp³-hybridized carbons (Fsp3) is 0. The summed E-state index contributed by atoms with van der Waals surface area (Å²) in [6.45, 7) is 0. The summed E-state index contributed by atoms with van der Waals surface area (Å²) >= 11 is 12.0. The smallest absolute Gasteiger partial charge is 0.322 e. The Hall–Kier alpha value is -2.83. The first-order valence-corrected chi connectivity index (χ1v) is 7.94. The van der Waals surface area contributed by atoms with Crippen molar-refractivity contribution in [2.75, 3.05) is 5.32 Å². The van der Waals surface area contributed by atoms with Crippen molar-refractivity contribution in [2.45, 2.75) is 0 Å². The highest BCUT2D eigenvalue weighted by Crippen LogP contribution is 2.30. The van der Waals surface area contributed by atoms with Crippen LogP contribution in [0.1, 0.15) is 10.6 Å². The van der Waals surface area contributed by atoms with Crippen LogP contribution >= 0.6 is 23.2 Å². The molecule has 0 bridgehead atoms. The predicted octanol–water partition coefficient (Wildman–Crippen LogP) is 5.04. The summed E-state index contributed by atoms with van der Waals surface area (Å²) in [4.78, 5) is 12.3. The Balaban J connectivity index is 1.58. The average Bonchev–Trinajstić information content (AvgIpc) is 3.23. The van der Waals surface area contributed by atoms with Gasteiger partial charge in [0, 0.05) is 10.4 Å². The molecule has 2 aromatic heterocycles. The van der Waals surface area contributed by atoms with E-state index in [1.165, 1.54) is 0 Å². The zero-order valence-electron chi connectivity index (χ0n) is 12.5. The van der Waals surface area contributed by atoms with Gasteiger partial charge in [-0.25, -0.2) is 0 Å². The Kier molecular flexibility index (Phi) is 3.91. The molecule has 1 N–H and O–H groups in total. The van der Waals surface area contributed by atoms with Crippen molar-refractivity contribution in [1.82, 2.24) is 10.2 Å². The van der Waals surface area contributed by atoms with E-state index in [1.807, 2.05) is 18.2 Å². The Morgan fingerprint density at radius 2 is 1.84 bits per heavy atom. The molecule has 0 aliphatic rings. The van der Waals surface area contributed by atoms with Crippen LogP contribution in [-0.4, -0.2) is 16.1 Å². The minimum absolute atomic E-state index is 0.0727. The van der Waals surface area contributed by atoms with Crippen LogP contribution in [0.4, 0.5) is 6.01 Å². The molecule has 0 unspecified atom stereocenters. The van der Waals surface area contributed by atoms with Crippen LogP contribution < -0.4 is 5.32 Å². The normalized spacial score (nSPS) is 11.0. The number of carbonyl (C=O) groups excluding carboxylic acids is 1. The van der Waals surface area contributed by atoms with Crippen LogP contribution in [0.15, 0.2) is 57.4 Å². The van der Waals surface area contributed by atoms with Gasteiger partial charge in [0.15, 0.2) is 5.76 Å².